The van der Waals surface area contributed by atoms with Crippen LogP contribution in [0.1, 0.15) is 50.3 Å². The Labute approximate surface area is 219 Å². The fourth-order valence-electron chi connectivity index (χ4n) is 5.25. The number of carbonyl (C=O) groups is 3. The fourth-order valence-corrected chi connectivity index (χ4v) is 5.25. The molecule has 2 aromatic rings. The summed E-state index contributed by atoms with van der Waals surface area (Å²) in [4.78, 5) is 44.4. The molecule has 4 amide bonds. The molecular weight excluding hydrogens is 468 g/mol. The molecule has 1 atom stereocenters. The van der Waals surface area contributed by atoms with Crippen molar-refractivity contribution in [2.75, 3.05) is 33.8 Å². The van der Waals surface area contributed by atoms with Gasteiger partial charge in [0.25, 0.3) is 5.91 Å². The van der Waals surface area contributed by atoms with E-state index in [1.54, 1.807) is 19.1 Å². The van der Waals surface area contributed by atoms with E-state index in [4.69, 9.17) is 4.74 Å². The Bertz CT molecular complexity index is 1090. The van der Waals surface area contributed by atoms with Crippen LogP contribution < -0.4 is 10.1 Å². The van der Waals surface area contributed by atoms with Gasteiger partial charge in [0.15, 0.2) is 0 Å². The molecule has 0 bridgehead atoms. The predicted octanol–water partition coefficient (Wildman–Crippen LogP) is 3.83. The largest absolute Gasteiger partial charge is 0.497 e. The lowest BCUT2D eigenvalue weighted by Gasteiger charge is -2.41. The molecule has 2 saturated heterocycles. The molecule has 8 heteroatoms. The highest BCUT2D eigenvalue weighted by atomic mass is 16.5. The van der Waals surface area contributed by atoms with Gasteiger partial charge in [-0.1, -0.05) is 56.3 Å². The van der Waals surface area contributed by atoms with E-state index in [1.165, 1.54) is 4.90 Å². The fraction of sp³-hybridized carbons (Fsp3) is 0.483. The number of likely N-dealkylation sites (tertiary alicyclic amines) is 1. The third-order valence-electron chi connectivity index (χ3n) is 7.76. The zero-order chi connectivity index (χ0) is 26.6. The van der Waals surface area contributed by atoms with E-state index >= 15 is 0 Å². The highest BCUT2D eigenvalue weighted by molar-refractivity contribution is 6.06. The molecule has 8 nitrogen and oxygen atoms in total. The summed E-state index contributed by atoms with van der Waals surface area (Å²) in [5.74, 6) is 0.590. The number of hydrogen-bond donors (Lipinski definition) is 1. The van der Waals surface area contributed by atoms with Gasteiger partial charge in [0, 0.05) is 32.6 Å². The number of nitrogens with one attached hydrogen (secondary N) is 1. The monoisotopic (exact) mass is 506 g/mol. The Kier molecular flexibility index (Phi) is 8.17. The highest BCUT2D eigenvalue weighted by Crippen LogP contribution is 2.37. The smallest absolute Gasteiger partial charge is 0.327 e. The number of likely N-dealkylation sites (N-methyl/N-ethyl adjacent to an activating group) is 1. The van der Waals surface area contributed by atoms with Crippen LogP contribution in [0.5, 0.6) is 5.75 Å². The first-order valence-corrected chi connectivity index (χ1v) is 13.1. The van der Waals surface area contributed by atoms with Gasteiger partial charge in [-0.2, -0.15) is 0 Å². The molecule has 2 aromatic carbocycles. The van der Waals surface area contributed by atoms with Gasteiger partial charge >= 0.3 is 6.03 Å². The van der Waals surface area contributed by atoms with E-state index in [-0.39, 0.29) is 36.3 Å². The summed E-state index contributed by atoms with van der Waals surface area (Å²) in [5, 5.41) is 3.19. The number of hydrogen-bond acceptors (Lipinski definition) is 5. The van der Waals surface area contributed by atoms with Crippen LogP contribution in [0.3, 0.4) is 0 Å². The standard InChI is InChI=1S/C29H38N4O4/c1-21(2)26(34)30-25(23-8-6-5-7-9-23)14-17-32-18-15-29(16-19-32)27(35)33(28(36)31(29)3)20-22-10-12-24(37-4)13-11-22/h5-13,21,25H,14-20H2,1-4H3,(H,30,34)/t25-/m0/s1. The lowest BCUT2D eigenvalue weighted by atomic mass is 9.86. The molecule has 2 heterocycles. The normalized spacial score (nSPS) is 18.5. The van der Waals surface area contributed by atoms with Crippen LogP contribution in [0.15, 0.2) is 54.6 Å². The molecule has 0 saturated carbocycles. The maximum absolute atomic E-state index is 13.5. The lowest BCUT2D eigenvalue weighted by Crippen LogP contribution is -2.55. The first-order chi connectivity index (χ1) is 17.7. The van der Waals surface area contributed by atoms with Crippen molar-refractivity contribution < 1.29 is 19.1 Å². The van der Waals surface area contributed by atoms with E-state index in [0.717, 1.165) is 42.9 Å². The summed E-state index contributed by atoms with van der Waals surface area (Å²) in [6.07, 6.45) is 1.98. The van der Waals surface area contributed by atoms with Gasteiger partial charge in [0.05, 0.1) is 19.7 Å². The summed E-state index contributed by atoms with van der Waals surface area (Å²) in [7, 11) is 3.36. The van der Waals surface area contributed by atoms with Crippen molar-refractivity contribution in [1.29, 1.82) is 0 Å². The van der Waals surface area contributed by atoms with Crippen LogP contribution in [0.2, 0.25) is 0 Å². The maximum atomic E-state index is 13.5. The molecule has 0 aliphatic carbocycles. The molecule has 0 radical (unpaired) electrons. The van der Waals surface area contributed by atoms with Gasteiger partial charge in [0.2, 0.25) is 5.91 Å². The number of benzene rings is 2. The second kappa shape index (κ2) is 11.3. The van der Waals surface area contributed by atoms with Crippen LogP contribution in [-0.4, -0.2) is 71.9 Å². The topological polar surface area (TPSA) is 82.2 Å². The predicted molar refractivity (Wildman–Crippen MR) is 142 cm³/mol. The second-order valence-electron chi connectivity index (χ2n) is 10.4. The van der Waals surface area contributed by atoms with Crippen molar-refractivity contribution in [3.8, 4) is 5.75 Å². The molecule has 1 N–H and O–H groups in total. The lowest BCUT2D eigenvalue weighted by molar-refractivity contribution is -0.135. The van der Waals surface area contributed by atoms with Crippen LogP contribution in [0, 0.1) is 5.92 Å². The zero-order valence-corrected chi connectivity index (χ0v) is 22.3. The summed E-state index contributed by atoms with van der Waals surface area (Å²) in [5.41, 5.74) is 1.20. The minimum atomic E-state index is -0.787. The number of nitrogens with zero attached hydrogens (tertiary/aromatic N) is 3. The van der Waals surface area contributed by atoms with Gasteiger partial charge < -0.3 is 19.9 Å². The minimum absolute atomic E-state index is 0.0418. The minimum Gasteiger partial charge on any atom is -0.497 e. The molecular formula is C29H38N4O4. The van der Waals surface area contributed by atoms with E-state index in [0.29, 0.717) is 12.8 Å². The van der Waals surface area contributed by atoms with Crippen molar-refractivity contribution >= 4 is 17.8 Å². The number of amides is 4. The Morgan fingerprint density at radius 1 is 1.03 bits per heavy atom. The molecule has 37 heavy (non-hydrogen) atoms. The molecule has 198 valence electrons. The van der Waals surface area contributed by atoms with E-state index in [1.807, 2.05) is 68.4 Å². The van der Waals surface area contributed by atoms with E-state index in [2.05, 4.69) is 10.2 Å². The van der Waals surface area contributed by atoms with Crippen molar-refractivity contribution in [3.63, 3.8) is 0 Å². The Morgan fingerprint density at radius 2 is 1.68 bits per heavy atom. The molecule has 2 aliphatic heterocycles. The molecule has 0 aromatic heterocycles. The van der Waals surface area contributed by atoms with Gasteiger partial charge in [-0.05, 0) is 42.5 Å². The highest BCUT2D eigenvalue weighted by Gasteiger charge is 2.56. The van der Waals surface area contributed by atoms with E-state index in [9.17, 15) is 14.4 Å². The van der Waals surface area contributed by atoms with Crippen LogP contribution in [-0.2, 0) is 16.1 Å². The number of ether oxygens (including phenoxy) is 1. The number of methoxy groups -OCH3 is 1. The molecule has 0 unspecified atom stereocenters. The van der Waals surface area contributed by atoms with Crippen LogP contribution in [0.4, 0.5) is 4.79 Å². The van der Waals surface area contributed by atoms with E-state index < -0.39 is 5.54 Å². The molecule has 4 rings (SSSR count). The number of piperidine rings is 1. The summed E-state index contributed by atoms with van der Waals surface area (Å²) < 4.78 is 5.21. The van der Waals surface area contributed by atoms with Crippen LogP contribution in [0.25, 0.3) is 0 Å². The first kappa shape index (κ1) is 26.7. The van der Waals surface area contributed by atoms with Crippen molar-refractivity contribution in [3.05, 3.63) is 65.7 Å². The van der Waals surface area contributed by atoms with Crippen molar-refractivity contribution in [2.24, 2.45) is 5.92 Å². The number of imide groups is 1. The Balaban J connectivity index is 1.37. The Morgan fingerprint density at radius 3 is 2.27 bits per heavy atom. The van der Waals surface area contributed by atoms with Crippen molar-refractivity contribution in [2.45, 2.75) is 51.2 Å². The SMILES string of the molecule is COc1ccc(CN2C(=O)N(C)C3(CCN(CC[C@H](NC(=O)C(C)C)c4ccccc4)CC3)C2=O)cc1. The maximum Gasteiger partial charge on any atom is 0.327 e. The summed E-state index contributed by atoms with van der Waals surface area (Å²) in [6.45, 7) is 6.30. The number of rotatable bonds is 9. The Hall–Kier alpha value is -3.39. The van der Waals surface area contributed by atoms with Gasteiger partial charge in [-0.3, -0.25) is 14.5 Å². The molecule has 2 aliphatic rings. The summed E-state index contributed by atoms with van der Waals surface area (Å²) in [6, 6.07) is 17.2. The average molecular weight is 507 g/mol. The number of carbonyl (C=O) groups excluding carboxylic acids is 3. The van der Waals surface area contributed by atoms with Gasteiger partial charge in [0.1, 0.15) is 11.3 Å². The quantitative estimate of drug-likeness (QED) is 0.523. The average Bonchev–Trinajstić information content (AvgIpc) is 3.08. The van der Waals surface area contributed by atoms with Crippen LogP contribution >= 0.6 is 0 Å². The third kappa shape index (κ3) is 5.64. The van der Waals surface area contributed by atoms with Gasteiger partial charge in [-0.15, -0.1) is 0 Å². The number of urea groups is 1. The third-order valence-corrected chi connectivity index (χ3v) is 7.76. The first-order valence-electron chi connectivity index (χ1n) is 13.1. The zero-order valence-electron chi connectivity index (χ0n) is 22.3. The van der Waals surface area contributed by atoms with Crippen molar-refractivity contribution in [1.82, 2.24) is 20.0 Å². The second-order valence-corrected chi connectivity index (χ2v) is 10.4. The van der Waals surface area contributed by atoms with Gasteiger partial charge in [-0.25, -0.2) is 4.79 Å². The molecule has 2 fully saturated rings. The molecule has 1 spiro atoms. The summed E-state index contributed by atoms with van der Waals surface area (Å²) >= 11 is 0.